The van der Waals surface area contributed by atoms with Gasteiger partial charge in [0.25, 0.3) is 0 Å². The van der Waals surface area contributed by atoms with E-state index in [2.05, 4.69) is 15.0 Å². The molecule has 4 rings (SSSR count). The first-order chi connectivity index (χ1) is 12.1. The van der Waals surface area contributed by atoms with Crippen LogP contribution in [-0.2, 0) is 0 Å². The van der Waals surface area contributed by atoms with Crippen molar-refractivity contribution in [3.8, 4) is 11.3 Å². The smallest absolute Gasteiger partial charge is 0.354 e. The third kappa shape index (κ3) is 3.52. The lowest BCUT2D eigenvalue weighted by Gasteiger charge is -2.01. The maximum atomic E-state index is 11.0. The summed E-state index contributed by atoms with van der Waals surface area (Å²) in [5, 5.41) is 10.9. The summed E-state index contributed by atoms with van der Waals surface area (Å²) in [5.41, 5.74) is 1.34. The Morgan fingerprint density at radius 3 is 2.64 bits per heavy atom. The SMILES string of the molecule is O=C(O)c1ccc(-c2nc(C3CC3)oc2Sc2ccc(Cl)cn2)cn1. The van der Waals surface area contributed by atoms with E-state index >= 15 is 0 Å². The summed E-state index contributed by atoms with van der Waals surface area (Å²) in [4.78, 5) is 23.8. The molecule has 126 valence electrons. The van der Waals surface area contributed by atoms with E-state index < -0.39 is 5.97 Å². The molecule has 8 heteroatoms. The summed E-state index contributed by atoms with van der Waals surface area (Å²) in [7, 11) is 0. The predicted octanol–water partition coefficient (Wildman–Crippen LogP) is 4.51. The molecule has 3 aromatic heterocycles. The second kappa shape index (κ2) is 6.50. The molecule has 3 aromatic rings. The first kappa shape index (κ1) is 16.1. The summed E-state index contributed by atoms with van der Waals surface area (Å²) < 4.78 is 5.94. The van der Waals surface area contributed by atoms with Crippen LogP contribution >= 0.6 is 23.4 Å². The van der Waals surface area contributed by atoms with Crippen LogP contribution in [0.3, 0.4) is 0 Å². The Bertz CT molecular complexity index is 921. The number of carbonyl (C=O) groups is 1. The number of nitrogens with zero attached hydrogens (tertiary/aromatic N) is 3. The average molecular weight is 374 g/mol. The highest BCUT2D eigenvalue weighted by molar-refractivity contribution is 7.99. The Balaban J connectivity index is 1.70. The number of hydrogen-bond acceptors (Lipinski definition) is 6. The molecule has 0 spiro atoms. The summed E-state index contributed by atoms with van der Waals surface area (Å²) in [6.45, 7) is 0. The van der Waals surface area contributed by atoms with E-state index in [1.807, 2.05) is 6.07 Å². The van der Waals surface area contributed by atoms with Crippen LogP contribution in [0.15, 0.2) is 51.2 Å². The van der Waals surface area contributed by atoms with Crippen LogP contribution in [0.5, 0.6) is 0 Å². The largest absolute Gasteiger partial charge is 0.477 e. The Morgan fingerprint density at radius 1 is 1.20 bits per heavy atom. The first-order valence-electron chi connectivity index (χ1n) is 7.60. The number of pyridine rings is 2. The van der Waals surface area contributed by atoms with Crippen molar-refractivity contribution in [2.75, 3.05) is 0 Å². The minimum atomic E-state index is -1.06. The van der Waals surface area contributed by atoms with E-state index in [9.17, 15) is 4.79 Å². The zero-order valence-corrected chi connectivity index (χ0v) is 14.4. The molecule has 0 aromatic carbocycles. The van der Waals surface area contributed by atoms with Crippen LogP contribution in [0.1, 0.15) is 35.1 Å². The minimum absolute atomic E-state index is 0.0109. The zero-order valence-electron chi connectivity index (χ0n) is 12.8. The highest BCUT2D eigenvalue weighted by Gasteiger charge is 2.31. The van der Waals surface area contributed by atoms with Gasteiger partial charge in [-0.05, 0) is 48.9 Å². The van der Waals surface area contributed by atoms with Crippen LogP contribution in [0, 0.1) is 0 Å². The van der Waals surface area contributed by atoms with Crippen molar-refractivity contribution in [3.05, 3.63) is 53.3 Å². The summed E-state index contributed by atoms with van der Waals surface area (Å²) in [5.74, 6) is -0.00311. The lowest BCUT2D eigenvalue weighted by atomic mass is 10.2. The van der Waals surface area contributed by atoms with Crippen LogP contribution < -0.4 is 0 Å². The molecular formula is C17H12ClN3O3S. The molecule has 1 fully saturated rings. The van der Waals surface area contributed by atoms with Gasteiger partial charge in [0.1, 0.15) is 16.4 Å². The maximum Gasteiger partial charge on any atom is 0.354 e. The van der Waals surface area contributed by atoms with Gasteiger partial charge in [0.05, 0.1) is 5.02 Å². The van der Waals surface area contributed by atoms with Crippen molar-refractivity contribution in [2.45, 2.75) is 28.9 Å². The number of hydrogen-bond donors (Lipinski definition) is 1. The number of aromatic carboxylic acids is 1. The van der Waals surface area contributed by atoms with Gasteiger partial charge < -0.3 is 9.52 Å². The van der Waals surface area contributed by atoms with Crippen LogP contribution in [0.25, 0.3) is 11.3 Å². The molecule has 1 N–H and O–H groups in total. The number of carboxylic acid groups (broad SMARTS) is 1. The molecule has 6 nitrogen and oxygen atoms in total. The first-order valence-corrected chi connectivity index (χ1v) is 8.79. The van der Waals surface area contributed by atoms with Gasteiger partial charge >= 0.3 is 5.97 Å². The highest BCUT2D eigenvalue weighted by atomic mass is 35.5. The number of aromatic nitrogens is 3. The molecule has 0 unspecified atom stereocenters. The second-order valence-electron chi connectivity index (χ2n) is 5.62. The van der Waals surface area contributed by atoms with Crippen molar-refractivity contribution in [1.29, 1.82) is 0 Å². The normalized spacial score (nSPS) is 13.8. The van der Waals surface area contributed by atoms with Gasteiger partial charge in [-0.2, -0.15) is 0 Å². The average Bonchev–Trinajstić information content (AvgIpc) is 3.38. The quantitative estimate of drug-likeness (QED) is 0.703. The minimum Gasteiger partial charge on any atom is -0.477 e. The fourth-order valence-corrected chi connectivity index (χ4v) is 3.19. The van der Waals surface area contributed by atoms with E-state index in [1.54, 1.807) is 18.3 Å². The lowest BCUT2D eigenvalue weighted by molar-refractivity contribution is 0.0690. The number of oxazole rings is 1. The summed E-state index contributed by atoms with van der Waals surface area (Å²) in [6.07, 6.45) is 5.21. The number of rotatable bonds is 5. The Labute approximate surface area is 152 Å². The van der Waals surface area contributed by atoms with Gasteiger partial charge in [-0.1, -0.05) is 11.6 Å². The zero-order chi connectivity index (χ0) is 17.4. The fourth-order valence-electron chi connectivity index (χ4n) is 2.26. The van der Waals surface area contributed by atoms with Crippen LogP contribution in [0.4, 0.5) is 0 Å². The molecule has 0 amide bonds. The van der Waals surface area contributed by atoms with Gasteiger partial charge in [0.15, 0.2) is 11.0 Å². The molecule has 0 bridgehead atoms. The van der Waals surface area contributed by atoms with Crippen molar-refractivity contribution >= 4 is 29.3 Å². The number of carboxylic acids is 1. The molecular weight excluding hydrogens is 362 g/mol. The van der Waals surface area contributed by atoms with Gasteiger partial charge in [-0.25, -0.2) is 19.7 Å². The van der Waals surface area contributed by atoms with Gasteiger partial charge in [-0.15, -0.1) is 0 Å². The second-order valence-corrected chi connectivity index (χ2v) is 7.05. The molecule has 0 atom stereocenters. The Kier molecular flexibility index (Phi) is 4.19. The van der Waals surface area contributed by atoms with Crippen molar-refractivity contribution in [1.82, 2.24) is 15.0 Å². The van der Waals surface area contributed by atoms with Crippen molar-refractivity contribution in [2.24, 2.45) is 0 Å². The summed E-state index contributed by atoms with van der Waals surface area (Å²) in [6, 6.07) is 6.71. The van der Waals surface area contributed by atoms with Gasteiger partial charge in [-0.3, -0.25) is 0 Å². The fraction of sp³-hybridized carbons (Fsp3) is 0.176. The monoisotopic (exact) mass is 373 g/mol. The van der Waals surface area contributed by atoms with Crippen LogP contribution in [0.2, 0.25) is 5.02 Å². The molecule has 1 aliphatic rings. The van der Waals surface area contributed by atoms with Gasteiger partial charge in [0, 0.05) is 23.9 Å². The molecule has 0 aliphatic heterocycles. The molecule has 3 heterocycles. The third-order valence-electron chi connectivity index (χ3n) is 3.69. The topological polar surface area (TPSA) is 89.1 Å². The molecule has 0 saturated heterocycles. The molecule has 1 saturated carbocycles. The standard InChI is InChI=1S/C17H12ClN3O3S/c18-11-4-6-13(20-8-11)25-17-14(21-15(24-17)9-1-2-9)10-3-5-12(16(22)23)19-7-10/h3-9H,1-2H2,(H,22,23). The van der Waals surface area contributed by atoms with Crippen LogP contribution in [-0.4, -0.2) is 26.0 Å². The molecule has 25 heavy (non-hydrogen) atoms. The van der Waals surface area contributed by atoms with E-state index in [1.165, 1.54) is 24.0 Å². The highest BCUT2D eigenvalue weighted by Crippen LogP contribution is 2.44. The Morgan fingerprint density at radius 2 is 2.04 bits per heavy atom. The molecule has 1 aliphatic carbocycles. The lowest BCUT2D eigenvalue weighted by Crippen LogP contribution is -1.99. The summed E-state index contributed by atoms with van der Waals surface area (Å²) >= 11 is 7.22. The van der Waals surface area contributed by atoms with E-state index in [0.29, 0.717) is 33.2 Å². The molecule has 0 radical (unpaired) electrons. The van der Waals surface area contributed by atoms with E-state index in [0.717, 1.165) is 17.9 Å². The maximum absolute atomic E-state index is 11.0. The van der Waals surface area contributed by atoms with Crippen molar-refractivity contribution < 1.29 is 14.3 Å². The van der Waals surface area contributed by atoms with Crippen molar-refractivity contribution in [3.63, 3.8) is 0 Å². The van der Waals surface area contributed by atoms with Gasteiger partial charge in [0.2, 0.25) is 0 Å². The third-order valence-corrected chi connectivity index (χ3v) is 4.83. The van der Waals surface area contributed by atoms with E-state index in [4.69, 9.17) is 21.1 Å². The number of halogens is 1. The Hall–Kier alpha value is -2.38. The predicted molar refractivity (Wildman–Crippen MR) is 92.0 cm³/mol. The van der Waals surface area contributed by atoms with E-state index in [-0.39, 0.29) is 5.69 Å².